The molecule has 3 N–H and O–H groups in total. The van der Waals surface area contributed by atoms with Gasteiger partial charge in [0.1, 0.15) is 0 Å². The van der Waals surface area contributed by atoms with Crippen LogP contribution < -0.4 is 11.1 Å². The first-order valence-electron chi connectivity index (χ1n) is 7.50. The summed E-state index contributed by atoms with van der Waals surface area (Å²) < 4.78 is 37.5. The molecule has 0 radical (unpaired) electrons. The Hall–Kier alpha value is -2.78. The molecule has 1 saturated heterocycles. The van der Waals surface area contributed by atoms with Crippen molar-refractivity contribution in [3.63, 3.8) is 0 Å². The van der Waals surface area contributed by atoms with Crippen LogP contribution in [0.15, 0.2) is 24.3 Å². The second kappa shape index (κ2) is 7.41. The van der Waals surface area contributed by atoms with Gasteiger partial charge in [-0.25, -0.2) is 4.79 Å². The van der Waals surface area contributed by atoms with Crippen LogP contribution in [0.5, 0.6) is 0 Å². The Balaban J connectivity index is 1.98. The molecule has 0 atom stereocenters. The summed E-state index contributed by atoms with van der Waals surface area (Å²) in [4.78, 5) is 36.7. The lowest BCUT2D eigenvalue weighted by Crippen LogP contribution is -2.44. The Kier molecular flexibility index (Phi) is 5.50. The average molecular weight is 358 g/mol. The molecule has 1 aliphatic heterocycles. The van der Waals surface area contributed by atoms with Gasteiger partial charge >= 0.3 is 18.1 Å². The first-order valence-corrected chi connectivity index (χ1v) is 7.50. The fourth-order valence-electron chi connectivity index (χ4n) is 2.46. The summed E-state index contributed by atoms with van der Waals surface area (Å²) in [6, 6.07) is 5.47. The standard InChI is InChI=1S/C15H17F3N4O3/c16-15(17,18)13(24)21-5-2-6-22(8-7-21)14(25)20-11-4-1-3-10(9-11)12(19)23/h1,3-4,9H,2,5-8H2,(H2,19,23)(H,20,25). The van der Waals surface area contributed by atoms with E-state index in [4.69, 9.17) is 5.73 Å². The van der Waals surface area contributed by atoms with Gasteiger partial charge < -0.3 is 20.9 Å². The second-order valence-electron chi connectivity index (χ2n) is 5.51. The number of anilines is 1. The fraction of sp³-hybridized carbons (Fsp3) is 0.400. The molecule has 0 unspecified atom stereocenters. The number of alkyl halides is 3. The second-order valence-corrected chi connectivity index (χ2v) is 5.51. The van der Waals surface area contributed by atoms with Crippen LogP contribution in [-0.2, 0) is 4.79 Å². The van der Waals surface area contributed by atoms with Crippen LogP contribution in [-0.4, -0.2) is 60.0 Å². The largest absolute Gasteiger partial charge is 0.471 e. The van der Waals surface area contributed by atoms with Crippen molar-refractivity contribution < 1.29 is 27.6 Å². The minimum atomic E-state index is -4.92. The van der Waals surface area contributed by atoms with Crippen LogP contribution in [0.1, 0.15) is 16.8 Å². The molecule has 2 rings (SSSR count). The van der Waals surface area contributed by atoms with E-state index in [-0.39, 0.29) is 38.2 Å². The number of halogens is 3. The highest BCUT2D eigenvalue weighted by Gasteiger charge is 2.42. The third-order valence-electron chi connectivity index (χ3n) is 3.71. The third kappa shape index (κ3) is 4.85. The molecule has 0 bridgehead atoms. The molecule has 10 heteroatoms. The van der Waals surface area contributed by atoms with Crippen molar-refractivity contribution in [3.8, 4) is 0 Å². The molecule has 0 saturated carbocycles. The van der Waals surface area contributed by atoms with Crippen LogP contribution >= 0.6 is 0 Å². The van der Waals surface area contributed by atoms with Gasteiger partial charge in [0.2, 0.25) is 5.91 Å². The van der Waals surface area contributed by atoms with Crippen LogP contribution in [0.25, 0.3) is 0 Å². The molecule has 4 amide bonds. The van der Waals surface area contributed by atoms with Crippen LogP contribution in [0.3, 0.4) is 0 Å². The number of carbonyl (C=O) groups is 3. The van der Waals surface area contributed by atoms with E-state index in [9.17, 15) is 27.6 Å². The molecular weight excluding hydrogens is 341 g/mol. The number of carbonyl (C=O) groups excluding carboxylic acids is 3. The summed E-state index contributed by atoms with van der Waals surface area (Å²) in [7, 11) is 0. The van der Waals surface area contributed by atoms with Crippen molar-refractivity contribution in [2.24, 2.45) is 5.73 Å². The first-order chi connectivity index (χ1) is 11.7. The summed E-state index contributed by atoms with van der Waals surface area (Å²) >= 11 is 0. The summed E-state index contributed by atoms with van der Waals surface area (Å²) in [5.74, 6) is -2.55. The summed E-state index contributed by atoms with van der Waals surface area (Å²) in [6.07, 6.45) is -4.69. The normalized spacial score (nSPS) is 15.5. The highest BCUT2D eigenvalue weighted by molar-refractivity contribution is 5.95. The van der Waals surface area contributed by atoms with E-state index < -0.39 is 24.0 Å². The Morgan fingerprint density at radius 2 is 1.68 bits per heavy atom. The lowest BCUT2D eigenvalue weighted by Gasteiger charge is -2.23. The molecule has 25 heavy (non-hydrogen) atoms. The van der Waals surface area contributed by atoms with Gasteiger partial charge in [-0.2, -0.15) is 13.2 Å². The maximum absolute atomic E-state index is 12.5. The maximum atomic E-state index is 12.5. The monoisotopic (exact) mass is 358 g/mol. The van der Waals surface area contributed by atoms with Crippen molar-refractivity contribution in [1.29, 1.82) is 0 Å². The predicted molar refractivity (Wildman–Crippen MR) is 82.8 cm³/mol. The molecule has 1 fully saturated rings. The van der Waals surface area contributed by atoms with Gasteiger partial charge in [-0.1, -0.05) is 6.07 Å². The number of amides is 4. The van der Waals surface area contributed by atoms with E-state index in [1.54, 1.807) is 12.1 Å². The van der Waals surface area contributed by atoms with E-state index in [0.717, 1.165) is 0 Å². The van der Waals surface area contributed by atoms with E-state index in [1.807, 2.05) is 0 Å². The number of urea groups is 1. The van der Waals surface area contributed by atoms with Gasteiger partial charge in [0, 0.05) is 37.4 Å². The number of rotatable bonds is 2. The number of nitrogens with one attached hydrogen (secondary N) is 1. The topological polar surface area (TPSA) is 95.7 Å². The number of hydrogen-bond donors (Lipinski definition) is 2. The number of primary amides is 1. The Bertz CT molecular complexity index is 678. The van der Waals surface area contributed by atoms with Gasteiger partial charge in [-0.3, -0.25) is 9.59 Å². The Morgan fingerprint density at radius 3 is 2.32 bits per heavy atom. The molecule has 0 aromatic heterocycles. The Labute approximate surface area is 141 Å². The zero-order valence-corrected chi connectivity index (χ0v) is 13.2. The predicted octanol–water partition coefficient (Wildman–Crippen LogP) is 1.41. The number of benzene rings is 1. The lowest BCUT2D eigenvalue weighted by molar-refractivity contribution is -0.185. The molecule has 1 aliphatic rings. The van der Waals surface area contributed by atoms with E-state index in [1.165, 1.54) is 17.0 Å². The first kappa shape index (κ1) is 18.6. The summed E-state index contributed by atoms with van der Waals surface area (Å²) in [5.41, 5.74) is 5.72. The van der Waals surface area contributed by atoms with Crippen molar-refractivity contribution >= 4 is 23.5 Å². The Morgan fingerprint density at radius 1 is 1.04 bits per heavy atom. The van der Waals surface area contributed by atoms with Crippen LogP contribution in [0.4, 0.5) is 23.7 Å². The van der Waals surface area contributed by atoms with Gasteiger partial charge in [-0.15, -0.1) is 0 Å². The van der Waals surface area contributed by atoms with E-state index in [0.29, 0.717) is 10.6 Å². The minimum Gasteiger partial charge on any atom is -0.366 e. The fourth-order valence-corrected chi connectivity index (χ4v) is 2.46. The minimum absolute atomic E-state index is 0.0246. The molecule has 1 aromatic carbocycles. The molecule has 136 valence electrons. The SMILES string of the molecule is NC(=O)c1cccc(NC(=O)N2CCCN(C(=O)C(F)(F)F)CC2)c1. The van der Waals surface area contributed by atoms with Crippen molar-refractivity contribution in [1.82, 2.24) is 9.80 Å². The molecule has 7 nitrogen and oxygen atoms in total. The molecule has 0 spiro atoms. The lowest BCUT2D eigenvalue weighted by atomic mass is 10.2. The average Bonchev–Trinajstić information content (AvgIpc) is 2.79. The quantitative estimate of drug-likeness (QED) is 0.837. The van der Waals surface area contributed by atoms with Gasteiger partial charge in [-0.05, 0) is 24.6 Å². The molecule has 1 heterocycles. The highest BCUT2D eigenvalue weighted by atomic mass is 19.4. The van der Waals surface area contributed by atoms with E-state index >= 15 is 0 Å². The van der Waals surface area contributed by atoms with Crippen LogP contribution in [0.2, 0.25) is 0 Å². The molecule has 0 aliphatic carbocycles. The number of nitrogens with two attached hydrogens (primary N) is 1. The highest BCUT2D eigenvalue weighted by Crippen LogP contribution is 2.20. The van der Waals surface area contributed by atoms with Gasteiger partial charge in [0.25, 0.3) is 0 Å². The van der Waals surface area contributed by atoms with Crippen LogP contribution in [0, 0.1) is 0 Å². The van der Waals surface area contributed by atoms with Crippen molar-refractivity contribution in [3.05, 3.63) is 29.8 Å². The summed E-state index contributed by atoms with van der Waals surface area (Å²) in [5, 5.41) is 2.56. The smallest absolute Gasteiger partial charge is 0.366 e. The zero-order valence-electron chi connectivity index (χ0n) is 13.2. The zero-order chi connectivity index (χ0) is 18.6. The van der Waals surface area contributed by atoms with E-state index in [2.05, 4.69) is 5.32 Å². The van der Waals surface area contributed by atoms with Gasteiger partial charge in [0.05, 0.1) is 0 Å². The number of hydrogen-bond acceptors (Lipinski definition) is 3. The number of nitrogens with zero attached hydrogens (tertiary/aromatic N) is 2. The summed E-state index contributed by atoms with van der Waals surface area (Å²) in [6.45, 7) is -0.0848. The molecular formula is C15H17F3N4O3. The third-order valence-corrected chi connectivity index (χ3v) is 3.71. The van der Waals surface area contributed by atoms with Crippen molar-refractivity contribution in [2.45, 2.75) is 12.6 Å². The van der Waals surface area contributed by atoms with Crippen molar-refractivity contribution in [2.75, 3.05) is 31.5 Å². The molecule has 1 aromatic rings. The maximum Gasteiger partial charge on any atom is 0.471 e. The van der Waals surface area contributed by atoms with Gasteiger partial charge in [0.15, 0.2) is 0 Å².